The molecule has 0 unspecified atom stereocenters. The summed E-state index contributed by atoms with van der Waals surface area (Å²) >= 11 is 3.04. The molecule has 6 nitrogen and oxygen atoms in total. The molecule has 0 fully saturated rings. The minimum absolute atomic E-state index is 0.0404. The number of amides is 1. The first kappa shape index (κ1) is 23.5. The highest BCUT2D eigenvalue weighted by atomic mass is 32.2. The second-order valence-corrected chi connectivity index (χ2v) is 9.39. The number of aryl methyl sites for hydroxylation is 1. The third kappa shape index (κ3) is 6.64. The minimum atomic E-state index is -0.0404. The summed E-state index contributed by atoms with van der Waals surface area (Å²) in [5, 5.41) is 4.77. The zero-order valence-corrected chi connectivity index (χ0v) is 20.2. The van der Waals surface area contributed by atoms with Crippen molar-refractivity contribution in [3.8, 4) is 0 Å². The summed E-state index contributed by atoms with van der Waals surface area (Å²) in [4.78, 5) is 28.2. The number of anilines is 2. The molecule has 0 saturated carbocycles. The van der Waals surface area contributed by atoms with E-state index in [9.17, 15) is 4.79 Å². The fraction of sp³-hybridized carbons (Fsp3) is 0.478. The number of carbonyl (C=O) groups is 1. The fourth-order valence-corrected chi connectivity index (χ4v) is 5.21. The number of fused-ring (bicyclic) bond motifs is 1. The number of nitrogens with one attached hydrogen (secondary N) is 1. The van der Waals surface area contributed by atoms with Crippen LogP contribution in [0.1, 0.15) is 52.0 Å². The maximum atomic E-state index is 12.5. The van der Waals surface area contributed by atoms with Crippen LogP contribution in [-0.4, -0.2) is 39.7 Å². The molecular weight excluding hydrogens is 426 g/mol. The predicted octanol–water partition coefficient (Wildman–Crippen LogP) is 5.79. The van der Waals surface area contributed by atoms with Gasteiger partial charge in [-0.3, -0.25) is 4.79 Å². The lowest BCUT2D eigenvalue weighted by atomic mass is 10.1. The van der Waals surface area contributed by atoms with E-state index in [1.807, 2.05) is 12.1 Å². The Bertz CT molecular complexity index is 968. The standard InChI is InChI=1S/C23H31N5OS2/c1-4-7-8-17-9-11-18(12-10-17)26-19(29)15-30-22-20-21(24-16-25-22)27-23(31-20)28(13-5-2)14-6-3/h9-12,16H,4-8,13-15H2,1-3H3,(H,26,29). The monoisotopic (exact) mass is 457 g/mol. The van der Waals surface area contributed by atoms with E-state index in [-0.39, 0.29) is 5.91 Å². The summed E-state index contributed by atoms with van der Waals surface area (Å²) in [7, 11) is 0. The SMILES string of the molecule is CCCCc1ccc(NC(=O)CSc2ncnc3nc(N(CCC)CCC)sc23)cc1. The van der Waals surface area contributed by atoms with Crippen LogP contribution in [-0.2, 0) is 11.2 Å². The predicted molar refractivity (Wildman–Crippen MR) is 132 cm³/mol. The van der Waals surface area contributed by atoms with Crippen molar-refractivity contribution in [3.05, 3.63) is 36.2 Å². The summed E-state index contributed by atoms with van der Waals surface area (Å²) in [6, 6.07) is 8.12. The molecule has 0 atom stereocenters. The molecule has 0 spiro atoms. The Balaban J connectivity index is 1.63. The first-order valence-corrected chi connectivity index (χ1v) is 12.8. The van der Waals surface area contributed by atoms with Gasteiger partial charge in [0.1, 0.15) is 16.1 Å². The van der Waals surface area contributed by atoms with Gasteiger partial charge in [-0.25, -0.2) is 9.97 Å². The molecule has 0 aliphatic rings. The van der Waals surface area contributed by atoms with E-state index < -0.39 is 0 Å². The van der Waals surface area contributed by atoms with Gasteiger partial charge in [-0.15, -0.1) is 0 Å². The van der Waals surface area contributed by atoms with Crippen LogP contribution in [0.2, 0.25) is 0 Å². The Morgan fingerprint density at radius 3 is 2.48 bits per heavy atom. The zero-order chi connectivity index (χ0) is 22.1. The Morgan fingerprint density at radius 1 is 1.06 bits per heavy atom. The van der Waals surface area contributed by atoms with Gasteiger partial charge in [0.25, 0.3) is 0 Å². The van der Waals surface area contributed by atoms with E-state index >= 15 is 0 Å². The van der Waals surface area contributed by atoms with Crippen molar-refractivity contribution in [3.63, 3.8) is 0 Å². The third-order valence-corrected chi connectivity index (χ3v) is 7.03. The Kier molecular flexibility index (Phi) is 9.09. The molecule has 0 bridgehead atoms. The van der Waals surface area contributed by atoms with E-state index in [4.69, 9.17) is 4.98 Å². The van der Waals surface area contributed by atoms with Crippen LogP contribution in [0, 0.1) is 0 Å². The van der Waals surface area contributed by atoms with Crippen molar-refractivity contribution in [2.45, 2.75) is 57.9 Å². The van der Waals surface area contributed by atoms with Crippen molar-refractivity contribution < 1.29 is 4.79 Å². The van der Waals surface area contributed by atoms with Gasteiger partial charge >= 0.3 is 0 Å². The normalized spacial score (nSPS) is 11.1. The van der Waals surface area contributed by atoms with E-state index in [1.54, 1.807) is 11.3 Å². The van der Waals surface area contributed by atoms with Crippen molar-refractivity contribution in [1.29, 1.82) is 0 Å². The number of thiazole rings is 1. The third-order valence-electron chi connectivity index (χ3n) is 4.80. The van der Waals surface area contributed by atoms with E-state index in [2.05, 4.69) is 53.1 Å². The van der Waals surface area contributed by atoms with Crippen LogP contribution >= 0.6 is 23.1 Å². The number of unbranched alkanes of at least 4 members (excludes halogenated alkanes) is 1. The van der Waals surface area contributed by atoms with Gasteiger partial charge in [-0.1, -0.05) is 62.4 Å². The summed E-state index contributed by atoms with van der Waals surface area (Å²) in [5.74, 6) is 0.256. The summed E-state index contributed by atoms with van der Waals surface area (Å²) in [5.41, 5.74) is 2.84. The van der Waals surface area contributed by atoms with Crippen LogP contribution in [0.25, 0.3) is 10.3 Å². The number of benzene rings is 1. The highest BCUT2D eigenvalue weighted by molar-refractivity contribution is 8.00. The highest BCUT2D eigenvalue weighted by Gasteiger charge is 2.16. The van der Waals surface area contributed by atoms with Gasteiger partial charge in [-0.2, -0.15) is 4.98 Å². The molecule has 2 aromatic heterocycles. The number of thioether (sulfide) groups is 1. The van der Waals surface area contributed by atoms with E-state index in [0.29, 0.717) is 11.4 Å². The van der Waals surface area contributed by atoms with Crippen LogP contribution in [0.5, 0.6) is 0 Å². The first-order valence-electron chi connectivity index (χ1n) is 11.0. The Hall–Kier alpha value is -2.19. The molecule has 166 valence electrons. The van der Waals surface area contributed by atoms with Gasteiger partial charge in [0.05, 0.1) is 5.75 Å². The van der Waals surface area contributed by atoms with Crippen LogP contribution < -0.4 is 10.2 Å². The molecule has 31 heavy (non-hydrogen) atoms. The quantitative estimate of drug-likeness (QED) is 0.274. The first-order chi connectivity index (χ1) is 15.1. The van der Waals surface area contributed by atoms with E-state index in [1.165, 1.54) is 36.5 Å². The van der Waals surface area contributed by atoms with Gasteiger partial charge < -0.3 is 10.2 Å². The summed E-state index contributed by atoms with van der Waals surface area (Å²) in [6.07, 6.45) is 7.12. The number of nitrogens with zero attached hydrogens (tertiary/aromatic N) is 4. The maximum Gasteiger partial charge on any atom is 0.234 e. The van der Waals surface area contributed by atoms with Crippen LogP contribution in [0.3, 0.4) is 0 Å². The number of rotatable bonds is 12. The molecule has 0 aliphatic carbocycles. The molecule has 1 aromatic carbocycles. The molecule has 3 aromatic rings. The van der Waals surface area contributed by atoms with Gasteiger partial charge in [0, 0.05) is 18.8 Å². The smallest absolute Gasteiger partial charge is 0.234 e. The average Bonchev–Trinajstić information content (AvgIpc) is 3.22. The Morgan fingerprint density at radius 2 is 1.81 bits per heavy atom. The van der Waals surface area contributed by atoms with Crippen molar-refractivity contribution in [1.82, 2.24) is 15.0 Å². The van der Waals surface area contributed by atoms with Gasteiger partial charge in [0.15, 0.2) is 10.8 Å². The molecule has 0 radical (unpaired) electrons. The molecule has 1 amide bonds. The number of carbonyl (C=O) groups excluding carboxylic acids is 1. The van der Waals surface area contributed by atoms with Crippen molar-refractivity contribution in [2.75, 3.05) is 29.1 Å². The maximum absolute atomic E-state index is 12.5. The lowest BCUT2D eigenvalue weighted by molar-refractivity contribution is -0.113. The molecule has 0 saturated heterocycles. The lowest BCUT2D eigenvalue weighted by Crippen LogP contribution is -2.24. The number of aromatic nitrogens is 3. The molecule has 1 N–H and O–H groups in total. The molecule has 3 rings (SSSR count). The topological polar surface area (TPSA) is 71.0 Å². The highest BCUT2D eigenvalue weighted by Crippen LogP contribution is 2.34. The molecule has 8 heteroatoms. The average molecular weight is 458 g/mol. The van der Waals surface area contributed by atoms with Crippen LogP contribution in [0.4, 0.5) is 10.8 Å². The summed E-state index contributed by atoms with van der Waals surface area (Å²) in [6.45, 7) is 8.49. The van der Waals surface area contributed by atoms with Crippen molar-refractivity contribution >= 4 is 50.2 Å². The lowest BCUT2D eigenvalue weighted by Gasteiger charge is -2.19. The van der Waals surface area contributed by atoms with Crippen molar-refractivity contribution in [2.24, 2.45) is 0 Å². The zero-order valence-electron chi connectivity index (χ0n) is 18.6. The second-order valence-electron chi connectivity index (χ2n) is 7.45. The van der Waals surface area contributed by atoms with Gasteiger partial charge in [-0.05, 0) is 43.4 Å². The second kappa shape index (κ2) is 12.0. The molecule has 0 aliphatic heterocycles. The van der Waals surface area contributed by atoms with Gasteiger partial charge in [0.2, 0.25) is 5.91 Å². The molecule has 2 heterocycles. The fourth-order valence-electron chi connectivity index (χ4n) is 3.27. The van der Waals surface area contributed by atoms with E-state index in [0.717, 1.165) is 52.9 Å². The van der Waals surface area contributed by atoms with Crippen LogP contribution in [0.15, 0.2) is 35.6 Å². The number of hydrogen-bond donors (Lipinski definition) is 1. The minimum Gasteiger partial charge on any atom is -0.348 e. The number of hydrogen-bond acceptors (Lipinski definition) is 7. The Labute approximate surface area is 192 Å². The molecular formula is C23H31N5OS2. The summed E-state index contributed by atoms with van der Waals surface area (Å²) < 4.78 is 0.952. The largest absolute Gasteiger partial charge is 0.348 e.